The van der Waals surface area contributed by atoms with E-state index < -0.39 is 27.7 Å². The van der Waals surface area contributed by atoms with Crippen molar-refractivity contribution in [2.24, 2.45) is 0 Å². The summed E-state index contributed by atoms with van der Waals surface area (Å²) in [7, 11) is -3.64. The van der Waals surface area contributed by atoms with E-state index in [-0.39, 0.29) is 15.8 Å². The van der Waals surface area contributed by atoms with Crippen LogP contribution in [0.25, 0.3) is 0 Å². The van der Waals surface area contributed by atoms with Crippen molar-refractivity contribution in [2.45, 2.75) is 6.92 Å². The minimum absolute atomic E-state index is 0.00951. The van der Waals surface area contributed by atoms with Crippen LogP contribution >= 0.6 is 7.60 Å². The molecule has 0 aliphatic rings. The van der Waals surface area contributed by atoms with Crippen LogP contribution in [0, 0.1) is 0 Å². The van der Waals surface area contributed by atoms with Crippen LogP contribution in [0.3, 0.4) is 0 Å². The van der Waals surface area contributed by atoms with E-state index in [1.165, 1.54) is 6.92 Å². The average Bonchev–Trinajstić information content (AvgIpc) is 2.16. The Morgan fingerprint density at radius 1 is 1.30 bits per heavy atom. The maximum Gasteiger partial charge on any atom is 0.322 e. The third-order valence-electron chi connectivity index (χ3n) is 1.63. The first-order valence-electron chi connectivity index (χ1n) is 5.00. The van der Waals surface area contributed by atoms with Gasteiger partial charge in [0.05, 0.1) is 0 Å². The standard InChI is InChI=1S/C8H10AsNO5.CH5O3P/c1-5(11)10-7-4-6(9(13,14)15)2-3-8(7)12;1-5(2,3)4/h2-4,12H,1H3,(H,10,11)(H2,13,14,15);1H3,(H2,2,3,4). The third kappa shape index (κ3) is 8.92. The summed E-state index contributed by atoms with van der Waals surface area (Å²) in [5.41, 5.74) is -0.00951. The molecule has 0 atom stereocenters. The molecule has 0 saturated carbocycles. The number of hydrogen-bond donors (Lipinski definition) is 6. The number of hydrogen-bond acceptors (Lipinski definition) is 4. The van der Waals surface area contributed by atoms with E-state index >= 15 is 0 Å². The van der Waals surface area contributed by atoms with Gasteiger partial charge in [-0.2, -0.15) is 0 Å². The number of amides is 1. The molecule has 0 aliphatic heterocycles. The number of phenols is 1. The molecule has 0 spiro atoms. The van der Waals surface area contributed by atoms with Gasteiger partial charge in [-0.15, -0.1) is 0 Å². The summed E-state index contributed by atoms with van der Waals surface area (Å²) >= 11 is -4.98. The first-order chi connectivity index (χ1) is 8.80. The van der Waals surface area contributed by atoms with E-state index in [9.17, 15) is 18.2 Å². The Kier molecular flexibility index (Phi) is 6.70. The Bertz CT molecular complexity index is 569. The summed E-state index contributed by atoms with van der Waals surface area (Å²) in [6.07, 6.45) is 0. The number of phenolic OH excluding ortho intramolecular Hbond substituents is 1. The maximum absolute atomic E-state index is 10.9. The number of aromatic hydroxyl groups is 1. The number of benzene rings is 1. The zero-order valence-corrected chi connectivity index (χ0v) is 13.4. The molecule has 0 saturated heterocycles. The molecule has 9 nitrogen and oxygen atoms in total. The van der Waals surface area contributed by atoms with E-state index in [0.717, 1.165) is 24.9 Å². The SMILES string of the molecule is CC(=O)Nc1cc([As](=O)(O)O)ccc1O.CP(=O)(O)O. The minimum Gasteiger partial charge on any atom is -0.325 e. The van der Waals surface area contributed by atoms with Gasteiger partial charge in [0, 0.05) is 6.66 Å². The zero-order chi connectivity index (χ0) is 16.1. The van der Waals surface area contributed by atoms with Crippen molar-refractivity contribution in [1.82, 2.24) is 0 Å². The summed E-state index contributed by atoms with van der Waals surface area (Å²) in [5, 5.41) is 11.6. The predicted octanol–water partition coefficient (Wildman–Crippen LogP) is -1.29. The van der Waals surface area contributed by atoms with Crippen molar-refractivity contribution in [3.8, 4) is 5.75 Å². The van der Waals surface area contributed by atoms with Gasteiger partial charge < -0.3 is 9.79 Å². The van der Waals surface area contributed by atoms with Crippen molar-refractivity contribution >= 4 is 37.7 Å². The van der Waals surface area contributed by atoms with Gasteiger partial charge >= 0.3 is 95.7 Å². The first-order valence-corrected chi connectivity index (χ1v) is 10.4. The van der Waals surface area contributed by atoms with Gasteiger partial charge in [0.25, 0.3) is 0 Å². The van der Waals surface area contributed by atoms with Gasteiger partial charge in [-0.3, -0.25) is 4.57 Å². The van der Waals surface area contributed by atoms with Crippen LogP contribution in [-0.2, 0) is 13.1 Å². The van der Waals surface area contributed by atoms with Crippen molar-refractivity contribution < 1.29 is 36.2 Å². The third-order valence-corrected chi connectivity index (χ3v) is 3.62. The van der Waals surface area contributed by atoms with E-state index in [0.29, 0.717) is 0 Å². The molecule has 0 aromatic heterocycles. The molecule has 1 amide bonds. The molecule has 1 rings (SSSR count). The largest absolute Gasteiger partial charge is 0.325 e. The fourth-order valence-corrected chi connectivity index (χ4v) is 2.18. The average molecular weight is 371 g/mol. The number of anilines is 1. The summed E-state index contributed by atoms with van der Waals surface area (Å²) in [4.78, 5) is 26.0. The molecule has 11 heteroatoms. The molecule has 0 heterocycles. The molecule has 0 unspecified atom stereocenters. The van der Waals surface area contributed by atoms with Gasteiger partial charge in [0.15, 0.2) is 0 Å². The first kappa shape index (κ1) is 18.9. The van der Waals surface area contributed by atoms with Crippen LogP contribution in [0.15, 0.2) is 18.2 Å². The molecule has 6 N–H and O–H groups in total. The summed E-state index contributed by atoms with van der Waals surface area (Å²) < 4.78 is 37.9. The second-order valence-electron chi connectivity index (χ2n) is 3.76. The smallest absolute Gasteiger partial charge is 0.322 e. The number of carbonyl (C=O) groups is 1. The van der Waals surface area contributed by atoms with Gasteiger partial charge in [-0.25, -0.2) is 0 Å². The van der Waals surface area contributed by atoms with Gasteiger partial charge in [-0.1, -0.05) is 0 Å². The van der Waals surface area contributed by atoms with E-state index in [1.54, 1.807) is 0 Å². The summed E-state index contributed by atoms with van der Waals surface area (Å²) in [5.74, 6) is -0.668. The Balaban J connectivity index is 0.000000621. The monoisotopic (exact) mass is 371 g/mol. The fourth-order valence-electron chi connectivity index (χ4n) is 0.995. The normalized spacial score (nSPS) is 11.3. The van der Waals surface area contributed by atoms with Crippen molar-refractivity contribution in [1.29, 1.82) is 0 Å². The van der Waals surface area contributed by atoms with E-state index in [1.807, 2.05) is 0 Å². The molecule has 114 valence electrons. The van der Waals surface area contributed by atoms with Crippen molar-refractivity contribution in [3.05, 3.63) is 18.2 Å². The molecule has 0 bridgehead atoms. The van der Waals surface area contributed by atoms with Crippen LogP contribution in [0.4, 0.5) is 5.69 Å². The summed E-state index contributed by atoms with van der Waals surface area (Å²) in [6.45, 7) is 2.08. The Morgan fingerprint density at radius 3 is 2.10 bits per heavy atom. The van der Waals surface area contributed by atoms with Crippen molar-refractivity contribution in [2.75, 3.05) is 12.0 Å². The van der Waals surface area contributed by atoms with Crippen LogP contribution < -0.4 is 9.67 Å². The number of nitrogens with one attached hydrogen (secondary N) is 1. The number of carbonyl (C=O) groups excluding carboxylic acids is 1. The topological polar surface area (TPSA) is 164 Å². The molecule has 0 radical (unpaired) electrons. The van der Waals surface area contributed by atoms with Crippen LogP contribution in [0.2, 0.25) is 0 Å². The number of rotatable bonds is 2. The van der Waals surface area contributed by atoms with Crippen molar-refractivity contribution in [3.63, 3.8) is 0 Å². The molecule has 20 heavy (non-hydrogen) atoms. The molecule has 0 aliphatic carbocycles. The van der Waals surface area contributed by atoms with E-state index in [2.05, 4.69) is 5.32 Å². The Labute approximate surface area is 117 Å². The fraction of sp³-hybridized carbons (Fsp3) is 0.222. The predicted molar refractivity (Wildman–Crippen MR) is 70.9 cm³/mol. The second kappa shape index (κ2) is 7.08. The van der Waals surface area contributed by atoms with Gasteiger partial charge in [0.1, 0.15) is 0 Å². The minimum atomic E-state index is -4.98. The van der Waals surface area contributed by atoms with Crippen LogP contribution in [0.1, 0.15) is 6.92 Å². The van der Waals surface area contributed by atoms with Crippen LogP contribution in [0.5, 0.6) is 5.75 Å². The quantitative estimate of drug-likeness (QED) is 0.212. The zero-order valence-electron chi connectivity index (χ0n) is 10.6. The van der Waals surface area contributed by atoms with Gasteiger partial charge in [0.2, 0.25) is 0 Å². The second-order valence-corrected chi connectivity index (χ2v) is 8.80. The molecule has 0 fully saturated rings. The van der Waals surface area contributed by atoms with E-state index in [4.69, 9.17) is 18.0 Å². The van der Waals surface area contributed by atoms with Gasteiger partial charge in [-0.05, 0) is 0 Å². The Hall–Kier alpha value is -1.08. The van der Waals surface area contributed by atoms with Crippen LogP contribution in [-0.4, -0.2) is 49.8 Å². The molecule has 1 aromatic carbocycles. The Morgan fingerprint density at radius 2 is 1.75 bits per heavy atom. The molecular formula is C9H15AsNO8P. The summed E-state index contributed by atoms with van der Waals surface area (Å²) in [6, 6.07) is 3.32. The molecular weight excluding hydrogens is 356 g/mol. The molecule has 1 aromatic rings. The maximum atomic E-state index is 10.9.